The third kappa shape index (κ3) is 6.25. The molecule has 0 aliphatic heterocycles. The van der Waals surface area contributed by atoms with Crippen LogP contribution in [-0.4, -0.2) is 13.2 Å². The molecular formula is C30H24N2O2. The molecule has 34 heavy (non-hydrogen) atoms. The van der Waals surface area contributed by atoms with E-state index in [0.29, 0.717) is 24.5 Å². The maximum absolute atomic E-state index is 8.87. The number of nitriles is 1. The molecule has 0 saturated carbocycles. The third-order valence-electron chi connectivity index (χ3n) is 5.51. The van der Waals surface area contributed by atoms with Gasteiger partial charge >= 0.3 is 0 Å². The predicted octanol–water partition coefficient (Wildman–Crippen LogP) is 7.02. The van der Waals surface area contributed by atoms with Gasteiger partial charge in [-0.3, -0.25) is 0 Å². The van der Waals surface area contributed by atoms with Crippen molar-refractivity contribution in [3.05, 3.63) is 125 Å². The van der Waals surface area contributed by atoms with Gasteiger partial charge in [-0.05, 0) is 58.7 Å². The van der Waals surface area contributed by atoms with Crippen molar-refractivity contribution in [3.8, 4) is 28.7 Å². The Morgan fingerprint density at radius 2 is 1.06 bits per heavy atom. The number of hydrogen-bond acceptors (Lipinski definition) is 3. The summed E-state index contributed by atoms with van der Waals surface area (Å²) in [6.07, 6.45) is 1.59. The Morgan fingerprint density at radius 3 is 1.47 bits per heavy atom. The van der Waals surface area contributed by atoms with Crippen molar-refractivity contribution in [2.24, 2.45) is 0 Å². The number of ether oxygens (including phenoxy) is 2. The van der Waals surface area contributed by atoms with Gasteiger partial charge in [0.2, 0.25) is 0 Å². The fourth-order valence-electron chi connectivity index (χ4n) is 3.54. The van der Waals surface area contributed by atoms with Crippen LogP contribution in [0.25, 0.3) is 16.0 Å². The molecule has 0 aromatic heterocycles. The minimum atomic E-state index is 0.584. The molecular weight excluding hydrogens is 420 g/mol. The second kappa shape index (κ2) is 11.4. The number of nitrogens with zero attached hydrogens (tertiary/aromatic N) is 2. The van der Waals surface area contributed by atoms with E-state index in [-0.39, 0.29) is 0 Å². The van der Waals surface area contributed by atoms with Crippen LogP contribution in [0, 0.1) is 17.9 Å². The molecule has 4 aromatic carbocycles. The molecule has 0 radical (unpaired) electrons. The van der Waals surface area contributed by atoms with Crippen molar-refractivity contribution in [2.75, 3.05) is 13.2 Å². The van der Waals surface area contributed by atoms with Crippen LogP contribution in [0.4, 0.5) is 5.69 Å². The first kappa shape index (κ1) is 22.6. The molecule has 0 spiro atoms. The molecule has 4 aromatic rings. The number of benzene rings is 4. The lowest BCUT2D eigenvalue weighted by atomic mass is 10.1. The highest BCUT2D eigenvalue weighted by molar-refractivity contribution is 5.64. The summed E-state index contributed by atoms with van der Waals surface area (Å²) >= 11 is 0. The summed E-state index contributed by atoms with van der Waals surface area (Å²) in [5.74, 6) is 1.67. The molecule has 0 atom stereocenters. The monoisotopic (exact) mass is 444 g/mol. The van der Waals surface area contributed by atoms with E-state index in [4.69, 9.17) is 21.3 Å². The lowest BCUT2D eigenvalue weighted by Crippen LogP contribution is -2.01. The summed E-state index contributed by atoms with van der Waals surface area (Å²) in [7, 11) is 0. The van der Waals surface area contributed by atoms with Crippen LogP contribution in [0.2, 0.25) is 0 Å². The molecule has 4 rings (SSSR count). The molecule has 0 aliphatic carbocycles. The molecule has 0 fully saturated rings. The molecule has 0 bridgehead atoms. The summed E-state index contributed by atoms with van der Waals surface area (Å²) in [4.78, 5) is 3.41. The van der Waals surface area contributed by atoms with Gasteiger partial charge in [0.1, 0.15) is 11.5 Å². The normalized spacial score (nSPS) is 10.2. The molecule has 0 unspecified atom stereocenters. The fraction of sp³-hybridized carbons (Fsp3) is 0.133. The van der Waals surface area contributed by atoms with Crippen molar-refractivity contribution in [2.45, 2.75) is 12.8 Å². The SMILES string of the molecule is [C-]#[N+]c1ccc(CCOc2ccc(-c3ccc(OCCc4ccc(C#N)cc4)cc3)cc2)cc1. The Kier molecular flexibility index (Phi) is 7.57. The first-order valence-corrected chi connectivity index (χ1v) is 11.1. The van der Waals surface area contributed by atoms with Crippen LogP contribution >= 0.6 is 0 Å². The second-order valence-electron chi connectivity index (χ2n) is 7.83. The number of hydrogen-bond donors (Lipinski definition) is 0. The molecule has 0 heterocycles. The third-order valence-corrected chi connectivity index (χ3v) is 5.51. The molecule has 4 heteroatoms. The van der Waals surface area contributed by atoms with Gasteiger partial charge < -0.3 is 9.47 Å². The van der Waals surface area contributed by atoms with Crippen LogP contribution in [0.15, 0.2) is 97.1 Å². The van der Waals surface area contributed by atoms with E-state index in [1.165, 1.54) is 0 Å². The van der Waals surface area contributed by atoms with Gasteiger partial charge in [-0.1, -0.05) is 60.7 Å². The highest BCUT2D eigenvalue weighted by Gasteiger charge is 2.02. The Labute approximate surface area is 200 Å². The zero-order valence-corrected chi connectivity index (χ0v) is 18.8. The van der Waals surface area contributed by atoms with Crippen LogP contribution in [0.3, 0.4) is 0 Å². The molecule has 4 nitrogen and oxygen atoms in total. The minimum absolute atomic E-state index is 0.584. The van der Waals surface area contributed by atoms with E-state index in [1.54, 1.807) is 0 Å². The summed E-state index contributed by atoms with van der Waals surface area (Å²) in [6.45, 7) is 8.18. The summed E-state index contributed by atoms with van der Waals surface area (Å²) < 4.78 is 11.7. The minimum Gasteiger partial charge on any atom is -0.493 e. The zero-order chi connectivity index (χ0) is 23.6. The Morgan fingerprint density at radius 1 is 0.618 bits per heavy atom. The summed E-state index contributed by atoms with van der Waals surface area (Å²) in [5, 5.41) is 8.87. The maximum atomic E-state index is 8.87. The largest absolute Gasteiger partial charge is 0.493 e. The average molecular weight is 445 g/mol. The van der Waals surface area contributed by atoms with Gasteiger partial charge in [0, 0.05) is 12.8 Å². The number of rotatable bonds is 9. The van der Waals surface area contributed by atoms with E-state index in [2.05, 4.69) is 35.2 Å². The van der Waals surface area contributed by atoms with E-state index in [9.17, 15) is 0 Å². The van der Waals surface area contributed by atoms with Gasteiger partial charge in [0.25, 0.3) is 0 Å². The van der Waals surface area contributed by atoms with Crippen LogP contribution in [0.1, 0.15) is 16.7 Å². The van der Waals surface area contributed by atoms with Gasteiger partial charge in [-0.15, -0.1) is 0 Å². The Hall–Kier alpha value is -4.54. The first-order valence-electron chi connectivity index (χ1n) is 11.1. The molecule has 0 aliphatic rings. The zero-order valence-electron chi connectivity index (χ0n) is 18.8. The highest BCUT2D eigenvalue weighted by Crippen LogP contribution is 2.25. The van der Waals surface area contributed by atoms with E-state index >= 15 is 0 Å². The smallest absolute Gasteiger partial charge is 0.187 e. The molecule has 0 amide bonds. The fourth-order valence-corrected chi connectivity index (χ4v) is 3.54. The lowest BCUT2D eigenvalue weighted by molar-refractivity contribution is 0.321. The first-order chi connectivity index (χ1) is 16.7. The van der Waals surface area contributed by atoms with E-state index in [0.717, 1.165) is 46.6 Å². The lowest BCUT2D eigenvalue weighted by Gasteiger charge is -2.09. The standard InChI is InChI=1S/C30H24N2O2/c1-32-28-12-6-24(7-13-28)19-21-34-30-16-10-27(11-17-30)26-8-14-29(15-9-26)33-20-18-23-2-4-25(22-31)5-3-23/h2-17H,18-21H2. The molecule has 0 saturated heterocycles. The average Bonchev–Trinajstić information content (AvgIpc) is 2.90. The van der Waals surface area contributed by atoms with Crippen molar-refractivity contribution in [1.29, 1.82) is 5.26 Å². The maximum Gasteiger partial charge on any atom is 0.187 e. The second-order valence-corrected chi connectivity index (χ2v) is 7.83. The van der Waals surface area contributed by atoms with Gasteiger partial charge in [0.15, 0.2) is 5.69 Å². The van der Waals surface area contributed by atoms with Crippen molar-refractivity contribution < 1.29 is 9.47 Å². The van der Waals surface area contributed by atoms with E-state index < -0.39 is 0 Å². The predicted molar refractivity (Wildman–Crippen MR) is 134 cm³/mol. The van der Waals surface area contributed by atoms with Crippen molar-refractivity contribution >= 4 is 5.69 Å². The summed E-state index contributed by atoms with van der Waals surface area (Å²) in [6, 6.07) is 33.5. The Bertz CT molecular complexity index is 1170. The summed E-state index contributed by atoms with van der Waals surface area (Å²) in [5.41, 5.74) is 5.86. The van der Waals surface area contributed by atoms with Crippen LogP contribution in [-0.2, 0) is 12.8 Å². The van der Waals surface area contributed by atoms with Crippen molar-refractivity contribution in [1.82, 2.24) is 0 Å². The van der Waals surface area contributed by atoms with E-state index in [1.807, 2.05) is 72.8 Å². The van der Waals surface area contributed by atoms with Gasteiger partial charge in [0.05, 0.1) is 31.4 Å². The quantitative estimate of drug-likeness (QED) is 0.261. The van der Waals surface area contributed by atoms with Crippen LogP contribution in [0.5, 0.6) is 11.5 Å². The Balaban J connectivity index is 1.24. The highest BCUT2D eigenvalue weighted by atomic mass is 16.5. The molecule has 0 N–H and O–H groups in total. The topological polar surface area (TPSA) is 46.6 Å². The molecule has 166 valence electrons. The van der Waals surface area contributed by atoms with Gasteiger partial charge in [-0.2, -0.15) is 5.26 Å². The van der Waals surface area contributed by atoms with Crippen molar-refractivity contribution in [3.63, 3.8) is 0 Å². The van der Waals surface area contributed by atoms with Crippen LogP contribution < -0.4 is 9.47 Å². The van der Waals surface area contributed by atoms with Gasteiger partial charge in [-0.25, -0.2) is 4.85 Å².